The van der Waals surface area contributed by atoms with Crippen molar-refractivity contribution in [3.05, 3.63) is 27.8 Å². The van der Waals surface area contributed by atoms with Gasteiger partial charge in [0.25, 0.3) is 11.6 Å². The van der Waals surface area contributed by atoms with Gasteiger partial charge in [-0.2, -0.15) is 0 Å². The molecule has 25 heavy (non-hydrogen) atoms. The Morgan fingerprint density at radius 2 is 1.88 bits per heavy atom. The summed E-state index contributed by atoms with van der Waals surface area (Å²) in [6.45, 7) is 0.0645. The molecular weight excluding hydrogens is 328 g/mol. The molecule has 0 aliphatic heterocycles. The molecule has 0 bridgehead atoms. The molecule has 138 valence electrons. The number of methoxy groups -OCH3 is 2. The fourth-order valence-electron chi connectivity index (χ4n) is 3.18. The monoisotopic (exact) mass is 352 g/mol. The highest BCUT2D eigenvalue weighted by Crippen LogP contribution is 2.34. The first-order valence-electron chi connectivity index (χ1n) is 8.34. The minimum Gasteiger partial charge on any atom is -0.493 e. The first-order chi connectivity index (χ1) is 12.0. The summed E-state index contributed by atoms with van der Waals surface area (Å²) in [7, 11) is 2.75. The molecule has 1 aliphatic carbocycles. The summed E-state index contributed by atoms with van der Waals surface area (Å²) in [4.78, 5) is 23.0. The molecule has 1 aromatic carbocycles. The summed E-state index contributed by atoms with van der Waals surface area (Å²) in [5.74, 6) is -0.0592. The Morgan fingerprint density at radius 3 is 2.44 bits per heavy atom. The minimum absolute atomic E-state index is 0.0645. The van der Waals surface area contributed by atoms with Crippen molar-refractivity contribution in [1.82, 2.24) is 5.32 Å². The highest BCUT2D eigenvalue weighted by Gasteiger charge is 2.26. The molecule has 0 spiro atoms. The standard InChI is InChI=1S/C17H24N2O6/c1-24-15-8-12(13(19(22)23)9-16(15)25-2)17(21)18-10-14(20)11-6-4-3-5-7-11/h8-9,11,14,20H,3-7,10H2,1-2H3,(H,18,21). The number of nitro groups is 1. The number of carbonyl (C=O) groups is 1. The molecule has 2 N–H and O–H groups in total. The Bertz CT molecular complexity index is 628. The minimum atomic E-state index is -0.650. The van der Waals surface area contributed by atoms with Gasteiger partial charge in [-0.15, -0.1) is 0 Å². The van der Waals surface area contributed by atoms with Crippen LogP contribution in [0.4, 0.5) is 5.69 Å². The van der Waals surface area contributed by atoms with Crippen molar-refractivity contribution in [2.45, 2.75) is 38.2 Å². The molecule has 8 heteroatoms. The Hall–Kier alpha value is -2.35. The smallest absolute Gasteiger partial charge is 0.286 e. The van der Waals surface area contributed by atoms with E-state index in [4.69, 9.17) is 9.47 Å². The third kappa shape index (κ3) is 4.60. The molecule has 0 heterocycles. The Balaban J connectivity index is 2.13. The second-order valence-electron chi connectivity index (χ2n) is 6.16. The lowest BCUT2D eigenvalue weighted by Gasteiger charge is -2.26. The Kier molecular flexibility index (Phi) is 6.58. The molecule has 1 aromatic rings. The Morgan fingerprint density at radius 1 is 1.28 bits per heavy atom. The highest BCUT2D eigenvalue weighted by molar-refractivity contribution is 5.99. The van der Waals surface area contributed by atoms with E-state index in [0.29, 0.717) is 0 Å². The van der Waals surface area contributed by atoms with Crippen LogP contribution in [0, 0.1) is 16.0 Å². The van der Waals surface area contributed by atoms with Crippen LogP contribution in [-0.4, -0.2) is 42.8 Å². The number of hydrogen-bond donors (Lipinski definition) is 2. The van der Waals surface area contributed by atoms with E-state index < -0.39 is 16.9 Å². The van der Waals surface area contributed by atoms with E-state index in [-0.39, 0.29) is 35.2 Å². The van der Waals surface area contributed by atoms with Gasteiger partial charge in [0.2, 0.25) is 0 Å². The van der Waals surface area contributed by atoms with E-state index in [9.17, 15) is 20.0 Å². The molecule has 8 nitrogen and oxygen atoms in total. The summed E-state index contributed by atoms with van der Waals surface area (Å²) in [6.07, 6.45) is 4.56. The molecule has 1 saturated carbocycles. The zero-order valence-corrected chi connectivity index (χ0v) is 14.5. The fraction of sp³-hybridized carbons (Fsp3) is 0.588. The molecular formula is C17H24N2O6. The van der Waals surface area contributed by atoms with Crippen LogP contribution < -0.4 is 14.8 Å². The zero-order valence-electron chi connectivity index (χ0n) is 14.5. The largest absolute Gasteiger partial charge is 0.493 e. The second kappa shape index (κ2) is 8.66. The van der Waals surface area contributed by atoms with Gasteiger partial charge in [0.05, 0.1) is 31.3 Å². The maximum Gasteiger partial charge on any atom is 0.286 e. The third-order valence-electron chi connectivity index (χ3n) is 4.61. The zero-order chi connectivity index (χ0) is 18.4. The van der Waals surface area contributed by atoms with Crippen LogP contribution in [-0.2, 0) is 0 Å². The summed E-state index contributed by atoms with van der Waals surface area (Å²) in [5.41, 5.74) is -0.499. The number of rotatable bonds is 7. The predicted octanol–water partition coefficient (Wildman–Crippen LogP) is 2.28. The highest BCUT2D eigenvalue weighted by atomic mass is 16.6. The first kappa shape index (κ1) is 19.0. The van der Waals surface area contributed by atoms with Gasteiger partial charge >= 0.3 is 0 Å². The van der Waals surface area contributed by atoms with E-state index in [1.54, 1.807) is 0 Å². The number of aliphatic hydroxyl groups excluding tert-OH is 1. The number of ether oxygens (including phenoxy) is 2. The number of aliphatic hydroxyl groups is 1. The van der Waals surface area contributed by atoms with Crippen molar-refractivity contribution < 1.29 is 24.3 Å². The third-order valence-corrected chi connectivity index (χ3v) is 4.61. The first-order valence-corrected chi connectivity index (χ1v) is 8.34. The lowest BCUT2D eigenvalue weighted by Crippen LogP contribution is -2.37. The number of nitrogens with zero attached hydrogens (tertiary/aromatic N) is 1. The van der Waals surface area contributed by atoms with Crippen molar-refractivity contribution in [2.24, 2.45) is 5.92 Å². The second-order valence-corrected chi connectivity index (χ2v) is 6.16. The number of benzene rings is 1. The fourth-order valence-corrected chi connectivity index (χ4v) is 3.18. The van der Waals surface area contributed by atoms with Crippen molar-refractivity contribution in [2.75, 3.05) is 20.8 Å². The molecule has 0 saturated heterocycles. The summed E-state index contributed by atoms with van der Waals surface area (Å²) >= 11 is 0. The number of amides is 1. The Labute approximate surface area is 146 Å². The van der Waals surface area contributed by atoms with Crippen LogP contribution in [0.1, 0.15) is 42.5 Å². The van der Waals surface area contributed by atoms with Crippen LogP contribution in [0.3, 0.4) is 0 Å². The molecule has 1 atom stereocenters. The van der Waals surface area contributed by atoms with Gasteiger partial charge in [0.1, 0.15) is 5.56 Å². The van der Waals surface area contributed by atoms with Gasteiger partial charge < -0.3 is 19.9 Å². The number of nitrogens with one attached hydrogen (secondary N) is 1. The molecule has 1 unspecified atom stereocenters. The van der Waals surface area contributed by atoms with E-state index in [2.05, 4.69) is 5.32 Å². The average molecular weight is 352 g/mol. The quantitative estimate of drug-likeness (QED) is 0.575. The summed E-state index contributed by atoms with van der Waals surface area (Å²) in [5, 5.41) is 24.1. The average Bonchev–Trinajstić information content (AvgIpc) is 2.65. The van der Waals surface area contributed by atoms with Gasteiger partial charge in [-0.1, -0.05) is 19.3 Å². The lowest BCUT2D eigenvalue weighted by molar-refractivity contribution is -0.385. The maximum atomic E-state index is 12.4. The summed E-state index contributed by atoms with van der Waals surface area (Å²) in [6, 6.07) is 2.44. The van der Waals surface area contributed by atoms with Crippen LogP contribution >= 0.6 is 0 Å². The number of hydrogen-bond acceptors (Lipinski definition) is 6. The van der Waals surface area contributed by atoms with Crippen LogP contribution in [0.2, 0.25) is 0 Å². The van der Waals surface area contributed by atoms with Gasteiger partial charge in [-0.25, -0.2) is 0 Å². The maximum absolute atomic E-state index is 12.4. The summed E-state index contributed by atoms with van der Waals surface area (Å²) < 4.78 is 10.1. The number of carbonyl (C=O) groups excluding carboxylic acids is 1. The van der Waals surface area contributed by atoms with Crippen molar-refractivity contribution in [3.8, 4) is 11.5 Å². The SMILES string of the molecule is COc1cc(C(=O)NCC(O)C2CCCCC2)c([N+](=O)[O-])cc1OC. The van der Waals surface area contributed by atoms with Gasteiger partial charge in [0, 0.05) is 12.6 Å². The van der Waals surface area contributed by atoms with E-state index in [1.807, 2.05) is 0 Å². The van der Waals surface area contributed by atoms with Gasteiger partial charge in [0.15, 0.2) is 11.5 Å². The molecule has 1 aliphatic rings. The lowest BCUT2D eigenvalue weighted by atomic mass is 9.85. The molecule has 1 amide bonds. The van der Waals surface area contributed by atoms with Crippen LogP contribution in [0.25, 0.3) is 0 Å². The van der Waals surface area contributed by atoms with E-state index >= 15 is 0 Å². The topological polar surface area (TPSA) is 111 Å². The van der Waals surface area contributed by atoms with Crippen molar-refractivity contribution in [3.63, 3.8) is 0 Å². The van der Waals surface area contributed by atoms with E-state index in [0.717, 1.165) is 31.7 Å². The van der Waals surface area contributed by atoms with Gasteiger partial charge in [-0.3, -0.25) is 14.9 Å². The molecule has 2 rings (SSSR count). The van der Waals surface area contributed by atoms with Gasteiger partial charge in [-0.05, 0) is 18.8 Å². The van der Waals surface area contributed by atoms with Crippen molar-refractivity contribution in [1.29, 1.82) is 0 Å². The molecule has 0 aromatic heterocycles. The molecule has 0 radical (unpaired) electrons. The predicted molar refractivity (Wildman–Crippen MR) is 91.1 cm³/mol. The van der Waals surface area contributed by atoms with Crippen molar-refractivity contribution >= 4 is 11.6 Å². The van der Waals surface area contributed by atoms with Crippen LogP contribution in [0.5, 0.6) is 11.5 Å². The normalized spacial score (nSPS) is 16.1. The van der Waals surface area contributed by atoms with E-state index in [1.165, 1.54) is 26.7 Å². The number of nitro benzene ring substituents is 1. The van der Waals surface area contributed by atoms with Crippen LogP contribution in [0.15, 0.2) is 12.1 Å². The molecule has 1 fully saturated rings.